The summed E-state index contributed by atoms with van der Waals surface area (Å²) in [5.74, 6) is 0. The van der Waals surface area contributed by atoms with Crippen molar-refractivity contribution in [3.05, 3.63) is 34.9 Å². The van der Waals surface area contributed by atoms with Gasteiger partial charge in [-0.25, -0.2) is 13.1 Å². The first-order chi connectivity index (χ1) is 8.96. The first-order valence-corrected chi connectivity index (χ1v) is 8.67. The van der Waals surface area contributed by atoms with Crippen LogP contribution in [0.1, 0.15) is 24.4 Å². The van der Waals surface area contributed by atoms with E-state index >= 15 is 0 Å². The van der Waals surface area contributed by atoms with Crippen LogP contribution in [0.4, 0.5) is 0 Å². The molecule has 1 aromatic carbocycles. The standard InChI is InChI=1S/C13H19ClN2O2S/c1-19(17,18)15-8-10-16-9-2-3-13(16)11-4-6-12(14)7-5-11/h4-7,13,15H,2-3,8-10H2,1H3/t13-/m1/s1. The predicted molar refractivity (Wildman–Crippen MR) is 77.8 cm³/mol. The summed E-state index contributed by atoms with van der Waals surface area (Å²) in [5.41, 5.74) is 1.25. The summed E-state index contributed by atoms with van der Waals surface area (Å²) in [7, 11) is -3.10. The zero-order chi connectivity index (χ0) is 13.9. The van der Waals surface area contributed by atoms with Crippen LogP contribution < -0.4 is 4.72 Å². The molecule has 1 saturated heterocycles. The van der Waals surface area contributed by atoms with Crippen molar-refractivity contribution in [3.63, 3.8) is 0 Å². The molecule has 1 aliphatic heterocycles. The van der Waals surface area contributed by atoms with Gasteiger partial charge < -0.3 is 0 Å². The van der Waals surface area contributed by atoms with E-state index in [-0.39, 0.29) is 0 Å². The van der Waals surface area contributed by atoms with Gasteiger partial charge in [-0.2, -0.15) is 0 Å². The van der Waals surface area contributed by atoms with Crippen LogP contribution >= 0.6 is 11.6 Å². The smallest absolute Gasteiger partial charge is 0.208 e. The van der Waals surface area contributed by atoms with E-state index in [4.69, 9.17) is 11.6 Å². The molecule has 1 heterocycles. The van der Waals surface area contributed by atoms with Crippen LogP contribution in [0.3, 0.4) is 0 Å². The van der Waals surface area contributed by atoms with Crippen molar-refractivity contribution in [2.75, 3.05) is 25.9 Å². The predicted octanol–water partition coefficient (Wildman–Crippen LogP) is 2.03. The van der Waals surface area contributed by atoms with Gasteiger partial charge in [0.1, 0.15) is 0 Å². The molecular weight excluding hydrogens is 284 g/mol. The molecule has 2 rings (SSSR count). The van der Waals surface area contributed by atoms with Crippen LogP contribution in [0, 0.1) is 0 Å². The van der Waals surface area contributed by atoms with Crippen molar-refractivity contribution < 1.29 is 8.42 Å². The van der Waals surface area contributed by atoms with Gasteiger partial charge in [0, 0.05) is 24.2 Å². The Kier molecular flexibility index (Phi) is 4.84. The lowest BCUT2D eigenvalue weighted by Crippen LogP contribution is -2.34. The summed E-state index contributed by atoms with van der Waals surface area (Å²) in [5, 5.41) is 0.743. The molecule has 0 aromatic heterocycles. The quantitative estimate of drug-likeness (QED) is 0.905. The first kappa shape index (κ1) is 14.8. The van der Waals surface area contributed by atoms with Gasteiger partial charge in [-0.1, -0.05) is 23.7 Å². The molecule has 1 fully saturated rings. The molecule has 0 bridgehead atoms. The summed E-state index contributed by atoms with van der Waals surface area (Å²) in [6, 6.07) is 8.29. The highest BCUT2D eigenvalue weighted by Gasteiger charge is 2.25. The molecule has 1 atom stereocenters. The van der Waals surface area contributed by atoms with E-state index < -0.39 is 10.0 Å². The molecule has 1 N–H and O–H groups in total. The fourth-order valence-electron chi connectivity index (χ4n) is 2.53. The summed E-state index contributed by atoms with van der Waals surface area (Å²) < 4.78 is 24.6. The number of nitrogens with zero attached hydrogens (tertiary/aromatic N) is 1. The molecule has 6 heteroatoms. The minimum Gasteiger partial charge on any atom is -0.295 e. The van der Waals surface area contributed by atoms with Crippen LogP contribution in [0.15, 0.2) is 24.3 Å². The largest absolute Gasteiger partial charge is 0.295 e. The van der Waals surface area contributed by atoms with E-state index in [1.807, 2.05) is 12.1 Å². The minimum absolute atomic E-state index is 0.374. The maximum atomic E-state index is 11.0. The topological polar surface area (TPSA) is 49.4 Å². The van der Waals surface area contributed by atoms with Crippen LogP contribution in [-0.4, -0.2) is 39.2 Å². The Bertz CT molecular complexity index is 516. The second kappa shape index (κ2) is 6.22. The van der Waals surface area contributed by atoms with E-state index in [9.17, 15) is 8.42 Å². The highest BCUT2D eigenvalue weighted by Crippen LogP contribution is 2.31. The molecule has 1 aliphatic rings. The number of rotatable bonds is 5. The van der Waals surface area contributed by atoms with Gasteiger partial charge >= 0.3 is 0 Å². The summed E-state index contributed by atoms with van der Waals surface area (Å²) in [6.07, 6.45) is 3.44. The lowest BCUT2D eigenvalue weighted by atomic mass is 10.0. The van der Waals surface area contributed by atoms with Gasteiger partial charge in [0.2, 0.25) is 10.0 Å². The number of sulfonamides is 1. The summed E-state index contributed by atoms with van der Waals surface area (Å²) in [4.78, 5) is 2.32. The Morgan fingerprint density at radius 1 is 1.37 bits per heavy atom. The fourth-order valence-corrected chi connectivity index (χ4v) is 3.12. The Morgan fingerprint density at radius 2 is 2.05 bits per heavy atom. The highest BCUT2D eigenvalue weighted by molar-refractivity contribution is 7.88. The molecule has 0 aliphatic carbocycles. The van der Waals surface area contributed by atoms with E-state index in [0.717, 1.165) is 31.0 Å². The van der Waals surface area contributed by atoms with Crippen molar-refractivity contribution in [2.45, 2.75) is 18.9 Å². The van der Waals surface area contributed by atoms with Gasteiger partial charge in [0.25, 0.3) is 0 Å². The van der Waals surface area contributed by atoms with Gasteiger partial charge in [0.05, 0.1) is 6.26 Å². The number of likely N-dealkylation sites (tertiary alicyclic amines) is 1. The number of hydrogen-bond acceptors (Lipinski definition) is 3. The van der Waals surface area contributed by atoms with Crippen molar-refractivity contribution in [3.8, 4) is 0 Å². The molecule has 0 unspecified atom stereocenters. The van der Waals surface area contributed by atoms with Gasteiger partial charge in [-0.3, -0.25) is 4.90 Å². The maximum absolute atomic E-state index is 11.0. The molecule has 0 radical (unpaired) electrons. The Balaban J connectivity index is 1.95. The number of benzene rings is 1. The van der Waals surface area contributed by atoms with Gasteiger partial charge in [-0.15, -0.1) is 0 Å². The fraction of sp³-hybridized carbons (Fsp3) is 0.538. The van der Waals surface area contributed by atoms with Crippen LogP contribution in [0.2, 0.25) is 5.02 Å². The van der Waals surface area contributed by atoms with E-state index in [0.29, 0.717) is 12.6 Å². The second-order valence-electron chi connectivity index (χ2n) is 4.91. The van der Waals surface area contributed by atoms with E-state index in [2.05, 4.69) is 21.8 Å². The molecule has 4 nitrogen and oxygen atoms in total. The van der Waals surface area contributed by atoms with Crippen molar-refractivity contribution >= 4 is 21.6 Å². The van der Waals surface area contributed by atoms with Crippen molar-refractivity contribution in [1.82, 2.24) is 9.62 Å². The highest BCUT2D eigenvalue weighted by atomic mass is 35.5. The molecule has 106 valence electrons. The van der Waals surface area contributed by atoms with Crippen LogP contribution in [0.5, 0.6) is 0 Å². The minimum atomic E-state index is -3.10. The third-order valence-electron chi connectivity index (χ3n) is 3.38. The monoisotopic (exact) mass is 302 g/mol. The van der Waals surface area contributed by atoms with Gasteiger partial charge in [-0.05, 0) is 37.1 Å². The third-order valence-corrected chi connectivity index (χ3v) is 4.36. The molecule has 0 amide bonds. The average molecular weight is 303 g/mol. The molecule has 0 saturated carbocycles. The SMILES string of the molecule is CS(=O)(=O)NCCN1CCC[C@@H]1c1ccc(Cl)cc1. The number of hydrogen-bond donors (Lipinski definition) is 1. The molecular formula is C13H19ClN2O2S. The normalized spacial score (nSPS) is 20.8. The zero-order valence-electron chi connectivity index (χ0n) is 11.0. The van der Waals surface area contributed by atoms with Crippen LogP contribution in [0.25, 0.3) is 0 Å². The van der Waals surface area contributed by atoms with Crippen molar-refractivity contribution in [1.29, 1.82) is 0 Å². The van der Waals surface area contributed by atoms with E-state index in [1.165, 1.54) is 11.8 Å². The number of nitrogens with one attached hydrogen (secondary N) is 1. The molecule has 0 spiro atoms. The molecule has 19 heavy (non-hydrogen) atoms. The zero-order valence-corrected chi connectivity index (χ0v) is 12.5. The summed E-state index contributed by atoms with van der Waals surface area (Å²) in [6.45, 7) is 2.21. The molecule has 1 aromatic rings. The lowest BCUT2D eigenvalue weighted by molar-refractivity contribution is 0.262. The Hall–Kier alpha value is -0.620. The Morgan fingerprint density at radius 3 is 2.68 bits per heavy atom. The second-order valence-corrected chi connectivity index (χ2v) is 7.18. The maximum Gasteiger partial charge on any atom is 0.208 e. The average Bonchev–Trinajstić information content (AvgIpc) is 2.77. The lowest BCUT2D eigenvalue weighted by Gasteiger charge is -2.24. The van der Waals surface area contributed by atoms with Crippen LogP contribution in [-0.2, 0) is 10.0 Å². The Labute approximate surface area is 119 Å². The number of halogens is 1. The van der Waals surface area contributed by atoms with E-state index in [1.54, 1.807) is 0 Å². The van der Waals surface area contributed by atoms with Gasteiger partial charge in [0.15, 0.2) is 0 Å². The van der Waals surface area contributed by atoms with Crippen molar-refractivity contribution in [2.24, 2.45) is 0 Å². The summed E-state index contributed by atoms with van der Waals surface area (Å²) >= 11 is 5.90. The first-order valence-electron chi connectivity index (χ1n) is 6.40. The third kappa shape index (κ3) is 4.45.